The Bertz CT molecular complexity index is 1120. The predicted octanol–water partition coefficient (Wildman–Crippen LogP) is 3.20. The molecule has 1 saturated carbocycles. The first-order chi connectivity index (χ1) is 15.6. The molecule has 1 aliphatic carbocycles. The number of aryl methyl sites for hydroxylation is 1. The molecule has 1 N–H and O–H groups in total. The maximum atomic E-state index is 11.9. The molecule has 2 unspecified atom stereocenters. The number of para-hydroxylation sites is 1. The van der Waals surface area contributed by atoms with Crippen molar-refractivity contribution in [1.82, 2.24) is 14.5 Å². The van der Waals surface area contributed by atoms with Gasteiger partial charge in [0.2, 0.25) is 0 Å². The molecule has 168 valence electrons. The third kappa shape index (κ3) is 3.87. The van der Waals surface area contributed by atoms with Crippen LogP contribution in [0, 0.1) is 11.3 Å². The van der Waals surface area contributed by atoms with Crippen molar-refractivity contribution in [1.29, 1.82) is 0 Å². The third-order valence-electron chi connectivity index (χ3n) is 7.01. The Morgan fingerprint density at radius 2 is 2.09 bits per heavy atom. The van der Waals surface area contributed by atoms with E-state index in [0.29, 0.717) is 12.5 Å². The van der Waals surface area contributed by atoms with Crippen LogP contribution < -0.4 is 10.1 Å². The van der Waals surface area contributed by atoms with Gasteiger partial charge in [-0.1, -0.05) is 12.1 Å². The minimum Gasteiger partial charge on any atom is -0.496 e. The van der Waals surface area contributed by atoms with Crippen molar-refractivity contribution in [3.05, 3.63) is 42.6 Å². The fourth-order valence-corrected chi connectivity index (χ4v) is 4.84. The average Bonchev–Trinajstić information content (AvgIpc) is 3.43. The van der Waals surface area contributed by atoms with Gasteiger partial charge < -0.3 is 24.2 Å². The van der Waals surface area contributed by atoms with Gasteiger partial charge in [0.05, 0.1) is 37.7 Å². The first kappa shape index (κ1) is 21.0. The summed E-state index contributed by atoms with van der Waals surface area (Å²) in [5, 5.41) is 4.53. The fraction of sp³-hybridized carbons (Fsp3) is 0.440. The smallest absolute Gasteiger partial charge is 0.128 e. The number of fused-ring (bicyclic) bond motifs is 1. The van der Waals surface area contributed by atoms with Crippen molar-refractivity contribution in [2.24, 2.45) is 18.4 Å². The summed E-state index contributed by atoms with van der Waals surface area (Å²) in [6.07, 6.45) is 3.97. The number of carbonyl (C=O) groups excluding carboxylic acids is 1. The number of morpholine rings is 1. The van der Waals surface area contributed by atoms with Crippen LogP contribution in [0.3, 0.4) is 0 Å². The highest BCUT2D eigenvalue weighted by Crippen LogP contribution is 2.51. The van der Waals surface area contributed by atoms with Crippen LogP contribution in [-0.4, -0.2) is 67.2 Å². The number of hydrogen-bond donors (Lipinski definition) is 1. The van der Waals surface area contributed by atoms with E-state index in [-0.39, 0.29) is 5.41 Å². The molecule has 2 fully saturated rings. The van der Waals surface area contributed by atoms with E-state index in [2.05, 4.69) is 38.0 Å². The van der Waals surface area contributed by atoms with Crippen molar-refractivity contribution < 1.29 is 14.3 Å². The highest BCUT2D eigenvalue weighted by molar-refractivity contribution is 5.89. The van der Waals surface area contributed by atoms with Gasteiger partial charge in [0.15, 0.2) is 0 Å². The lowest BCUT2D eigenvalue weighted by Gasteiger charge is -2.27. The van der Waals surface area contributed by atoms with Crippen LogP contribution in [-0.2, 0) is 16.6 Å². The molecule has 5 rings (SSSR count). The highest BCUT2D eigenvalue weighted by atomic mass is 16.5. The highest BCUT2D eigenvalue weighted by Gasteiger charge is 2.54. The normalized spacial score (nSPS) is 23.2. The Balaban J connectivity index is 1.31. The number of rotatable bonds is 8. The molecule has 1 aliphatic heterocycles. The molecule has 7 nitrogen and oxygen atoms in total. The number of anilines is 1. The lowest BCUT2D eigenvalue weighted by Crippen LogP contribution is -2.38. The number of aromatic nitrogens is 2. The minimum atomic E-state index is -0.284. The van der Waals surface area contributed by atoms with Crippen molar-refractivity contribution in [2.75, 3.05) is 51.8 Å². The van der Waals surface area contributed by atoms with Crippen LogP contribution >= 0.6 is 0 Å². The molecule has 32 heavy (non-hydrogen) atoms. The number of benzene rings is 1. The van der Waals surface area contributed by atoms with Gasteiger partial charge in [-0.3, -0.25) is 4.90 Å². The quantitative estimate of drug-likeness (QED) is 0.549. The summed E-state index contributed by atoms with van der Waals surface area (Å²) in [6, 6.07) is 12.2. The third-order valence-corrected chi connectivity index (χ3v) is 7.01. The standard InChI is InChI=1S/C25H30N4O3/c1-28-21(20-5-3-4-6-23(20)31-2)11-18-12-24(26-14-22(18)28)27-16-25(17-30)13-19(25)15-29-7-9-32-10-8-29/h3-6,11-12,14,17,19H,7-10,13,15-16H2,1-2H3,(H,26,27). The van der Waals surface area contributed by atoms with Crippen molar-refractivity contribution in [2.45, 2.75) is 6.42 Å². The Morgan fingerprint density at radius 1 is 1.28 bits per heavy atom. The Kier molecular flexibility index (Phi) is 5.61. The number of pyridine rings is 1. The monoisotopic (exact) mass is 434 g/mol. The van der Waals surface area contributed by atoms with E-state index in [1.165, 1.54) is 0 Å². The molecule has 7 heteroatoms. The summed E-state index contributed by atoms with van der Waals surface area (Å²) in [6.45, 7) is 5.08. The molecular weight excluding hydrogens is 404 g/mol. The second-order valence-corrected chi connectivity index (χ2v) is 8.94. The van der Waals surface area contributed by atoms with Gasteiger partial charge in [0.1, 0.15) is 17.9 Å². The van der Waals surface area contributed by atoms with Crippen LogP contribution in [0.5, 0.6) is 5.75 Å². The van der Waals surface area contributed by atoms with Gasteiger partial charge in [0, 0.05) is 49.6 Å². The second-order valence-electron chi connectivity index (χ2n) is 8.94. The zero-order valence-electron chi connectivity index (χ0n) is 18.7. The number of carbonyl (C=O) groups is 1. The SMILES string of the molecule is COc1ccccc1-c1cc2cc(NCC3(C=O)CC3CN3CCOCC3)ncc2n1C. The number of aldehydes is 1. The van der Waals surface area contributed by atoms with Gasteiger partial charge in [-0.15, -0.1) is 0 Å². The number of hydrogen-bond acceptors (Lipinski definition) is 6. The summed E-state index contributed by atoms with van der Waals surface area (Å²) in [5.41, 5.74) is 2.90. The molecule has 1 aromatic carbocycles. The van der Waals surface area contributed by atoms with Crippen molar-refractivity contribution in [3.8, 4) is 17.0 Å². The summed E-state index contributed by atoms with van der Waals surface area (Å²) in [7, 11) is 3.73. The molecule has 0 radical (unpaired) electrons. The minimum absolute atomic E-state index is 0.284. The molecule has 1 saturated heterocycles. The topological polar surface area (TPSA) is 68.6 Å². The Hall–Kier alpha value is -2.90. The van der Waals surface area contributed by atoms with E-state index in [9.17, 15) is 4.79 Å². The molecule has 2 atom stereocenters. The van der Waals surface area contributed by atoms with Crippen LogP contribution in [0.15, 0.2) is 42.6 Å². The summed E-state index contributed by atoms with van der Waals surface area (Å²) >= 11 is 0. The Labute approximate surface area is 188 Å². The van der Waals surface area contributed by atoms with Gasteiger partial charge in [0.25, 0.3) is 0 Å². The first-order valence-electron chi connectivity index (χ1n) is 11.2. The average molecular weight is 435 g/mol. The largest absolute Gasteiger partial charge is 0.496 e. The molecule has 0 amide bonds. The molecule has 2 aliphatic rings. The predicted molar refractivity (Wildman–Crippen MR) is 125 cm³/mol. The van der Waals surface area contributed by atoms with Crippen LogP contribution in [0.4, 0.5) is 5.82 Å². The van der Waals surface area contributed by atoms with Gasteiger partial charge in [-0.25, -0.2) is 4.98 Å². The first-order valence-corrected chi connectivity index (χ1v) is 11.2. The van der Waals surface area contributed by atoms with Crippen LogP contribution in [0.25, 0.3) is 22.2 Å². The second kappa shape index (κ2) is 8.56. The number of methoxy groups -OCH3 is 1. The molecule has 0 bridgehead atoms. The molecule has 2 aromatic heterocycles. The lowest BCUT2D eigenvalue weighted by molar-refractivity contribution is -0.112. The fourth-order valence-electron chi connectivity index (χ4n) is 4.84. The van der Waals surface area contributed by atoms with E-state index < -0.39 is 0 Å². The van der Waals surface area contributed by atoms with Crippen molar-refractivity contribution in [3.63, 3.8) is 0 Å². The van der Waals surface area contributed by atoms with Gasteiger partial charge >= 0.3 is 0 Å². The maximum Gasteiger partial charge on any atom is 0.128 e. The van der Waals surface area contributed by atoms with Crippen LogP contribution in [0.1, 0.15) is 6.42 Å². The van der Waals surface area contributed by atoms with E-state index in [1.807, 2.05) is 31.4 Å². The summed E-state index contributed by atoms with van der Waals surface area (Å²) < 4.78 is 13.1. The van der Waals surface area contributed by atoms with E-state index in [4.69, 9.17) is 9.47 Å². The van der Waals surface area contributed by atoms with Gasteiger partial charge in [-0.2, -0.15) is 0 Å². The molecule has 3 heterocycles. The summed E-state index contributed by atoms with van der Waals surface area (Å²) in [5.74, 6) is 2.05. The number of nitrogens with one attached hydrogen (secondary N) is 1. The van der Waals surface area contributed by atoms with Crippen LogP contribution in [0.2, 0.25) is 0 Å². The Morgan fingerprint density at radius 3 is 2.88 bits per heavy atom. The van der Waals surface area contributed by atoms with Crippen molar-refractivity contribution >= 4 is 23.0 Å². The number of nitrogens with zero attached hydrogens (tertiary/aromatic N) is 3. The van der Waals surface area contributed by atoms with E-state index >= 15 is 0 Å². The summed E-state index contributed by atoms with van der Waals surface area (Å²) in [4.78, 5) is 18.9. The lowest BCUT2D eigenvalue weighted by atomic mass is 10.1. The molecular formula is C25H30N4O3. The number of ether oxygens (including phenoxy) is 2. The van der Waals surface area contributed by atoms with Gasteiger partial charge in [-0.05, 0) is 36.6 Å². The van der Waals surface area contributed by atoms with E-state index in [1.54, 1.807) is 7.11 Å². The zero-order chi connectivity index (χ0) is 22.1. The molecule has 3 aromatic rings. The molecule has 0 spiro atoms. The van der Waals surface area contributed by atoms with E-state index in [0.717, 1.165) is 79.3 Å². The zero-order valence-corrected chi connectivity index (χ0v) is 18.7. The maximum absolute atomic E-state index is 11.9.